The normalized spacial score (nSPS) is 7.20. The van der Waals surface area contributed by atoms with Crippen molar-refractivity contribution in [1.82, 2.24) is 0 Å². The summed E-state index contributed by atoms with van der Waals surface area (Å²) in [7, 11) is 0. The number of carbonyl (C=O) groups excluding carboxylic acids is 2. The van der Waals surface area contributed by atoms with Gasteiger partial charge < -0.3 is 4.74 Å². The molecule has 0 bridgehead atoms. The molecule has 0 amide bonds. The van der Waals surface area contributed by atoms with Crippen LogP contribution in [0.5, 0.6) is 0 Å². The number of rotatable bonds is 2. The van der Waals surface area contributed by atoms with E-state index in [1.807, 2.05) is 0 Å². The molecule has 0 aliphatic rings. The molecule has 0 fully saturated rings. The van der Waals surface area contributed by atoms with Crippen LogP contribution in [0, 0.1) is 0 Å². The Morgan fingerprint density at radius 1 is 1.40 bits per heavy atom. The molecule has 0 aliphatic heterocycles. The standard InChI is InChI=1S/C4H5ClO3.CH3Cl/c1-2-8-4(7)3(5)6;1-2/h2H2,1H3;1H3. The Morgan fingerprint density at radius 3 is 1.90 bits per heavy atom. The molecule has 0 atom stereocenters. The van der Waals surface area contributed by atoms with Crippen molar-refractivity contribution in [3.63, 3.8) is 0 Å². The van der Waals surface area contributed by atoms with E-state index in [-0.39, 0.29) is 6.61 Å². The molecule has 10 heavy (non-hydrogen) atoms. The van der Waals surface area contributed by atoms with Gasteiger partial charge in [-0.05, 0) is 18.5 Å². The zero-order valence-electron chi connectivity index (χ0n) is 5.69. The average molecular weight is 187 g/mol. The Kier molecular flexibility index (Phi) is 10.8. The van der Waals surface area contributed by atoms with Gasteiger partial charge in [0.25, 0.3) is 0 Å². The number of esters is 1. The molecule has 0 aromatic rings. The van der Waals surface area contributed by atoms with Crippen LogP contribution < -0.4 is 0 Å². The van der Waals surface area contributed by atoms with Crippen LogP contribution in [0.15, 0.2) is 0 Å². The lowest BCUT2D eigenvalue weighted by Gasteiger charge is -1.91. The minimum Gasteiger partial charge on any atom is -0.459 e. The fraction of sp³-hybridized carbons (Fsp3) is 0.600. The summed E-state index contributed by atoms with van der Waals surface area (Å²) in [6, 6.07) is 0. The number of hydrogen-bond donors (Lipinski definition) is 0. The maximum atomic E-state index is 10.0. The van der Waals surface area contributed by atoms with Crippen molar-refractivity contribution in [3.05, 3.63) is 0 Å². The van der Waals surface area contributed by atoms with Gasteiger partial charge in [0, 0.05) is 6.38 Å². The zero-order valence-corrected chi connectivity index (χ0v) is 7.20. The topological polar surface area (TPSA) is 43.4 Å². The van der Waals surface area contributed by atoms with Gasteiger partial charge in [0.2, 0.25) is 0 Å². The van der Waals surface area contributed by atoms with Gasteiger partial charge in [-0.15, -0.1) is 11.6 Å². The van der Waals surface area contributed by atoms with Crippen LogP contribution in [0.2, 0.25) is 0 Å². The van der Waals surface area contributed by atoms with E-state index in [2.05, 4.69) is 16.3 Å². The van der Waals surface area contributed by atoms with Gasteiger partial charge in [-0.1, -0.05) is 0 Å². The average Bonchev–Trinajstić information content (AvgIpc) is 1.93. The molecule has 0 rings (SSSR count). The number of ether oxygens (including phenoxy) is 1. The summed E-state index contributed by atoms with van der Waals surface area (Å²) in [5, 5.41) is -1.08. The monoisotopic (exact) mass is 186 g/mol. The Balaban J connectivity index is 0. The lowest BCUT2D eigenvalue weighted by molar-refractivity contribution is -0.149. The Labute approximate surface area is 69.2 Å². The van der Waals surface area contributed by atoms with E-state index in [9.17, 15) is 9.59 Å². The van der Waals surface area contributed by atoms with Gasteiger partial charge in [0.1, 0.15) is 0 Å². The van der Waals surface area contributed by atoms with Crippen LogP contribution in [0.3, 0.4) is 0 Å². The molecule has 0 N–H and O–H groups in total. The van der Waals surface area contributed by atoms with Crippen LogP contribution >= 0.6 is 23.2 Å². The Hall–Kier alpha value is -0.280. The first-order valence-corrected chi connectivity index (χ1v) is 3.56. The number of alkyl halides is 1. The lowest BCUT2D eigenvalue weighted by atomic mass is 10.7. The third-order valence-corrected chi connectivity index (χ3v) is 0.590. The van der Waals surface area contributed by atoms with Gasteiger partial charge in [-0.3, -0.25) is 4.79 Å². The third-order valence-electron chi connectivity index (χ3n) is 0.436. The van der Waals surface area contributed by atoms with Crippen LogP contribution in [-0.4, -0.2) is 24.2 Å². The maximum Gasteiger partial charge on any atom is 0.391 e. The summed E-state index contributed by atoms with van der Waals surface area (Å²) in [6.45, 7) is 1.77. The molecule has 0 spiro atoms. The first-order chi connectivity index (χ1) is 4.68. The molecule has 0 radical (unpaired) electrons. The number of hydrogen-bond acceptors (Lipinski definition) is 3. The molecule has 0 heterocycles. The van der Waals surface area contributed by atoms with Crippen LogP contribution in [-0.2, 0) is 14.3 Å². The van der Waals surface area contributed by atoms with Gasteiger partial charge >= 0.3 is 11.2 Å². The predicted octanol–water partition coefficient (Wildman–Crippen LogP) is 1.17. The van der Waals surface area contributed by atoms with E-state index in [0.717, 1.165) is 0 Å². The summed E-state index contributed by atoms with van der Waals surface area (Å²) < 4.78 is 4.18. The molecule has 0 saturated carbocycles. The van der Waals surface area contributed by atoms with Crippen molar-refractivity contribution in [1.29, 1.82) is 0 Å². The highest BCUT2D eigenvalue weighted by Gasteiger charge is 2.08. The minimum absolute atomic E-state index is 0.178. The van der Waals surface area contributed by atoms with Crippen molar-refractivity contribution in [2.75, 3.05) is 13.0 Å². The summed E-state index contributed by atoms with van der Waals surface area (Å²) >= 11 is 9.33. The molecule has 0 aromatic heterocycles. The van der Waals surface area contributed by atoms with E-state index in [1.165, 1.54) is 6.38 Å². The second kappa shape index (κ2) is 8.72. The van der Waals surface area contributed by atoms with Gasteiger partial charge in [-0.25, -0.2) is 4.79 Å². The molecule has 60 valence electrons. The molecular formula is C5H8Cl2O3. The SMILES string of the molecule is CCOC(=O)C(=O)Cl.CCl. The van der Waals surface area contributed by atoms with Crippen molar-refractivity contribution in [3.8, 4) is 0 Å². The van der Waals surface area contributed by atoms with E-state index in [0.29, 0.717) is 0 Å². The predicted molar refractivity (Wildman–Crippen MR) is 39.3 cm³/mol. The van der Waals surface area contributed by atoms with Crippen LogP contribution in [0.25, 0.3) is 0 Å². The largest absolute Gasteiger partial charge is 0.459 e. The van der Waals surface area contributed by atoms with E-state index in [4.69, 9.17) is 11.6 Å². The number of carbonyl (C=O) groups is 2. The minimum atomic E-state index is -1.08. The molecule has 0 unspecified atom stereocenters. The van der Waals surface area contributed by atoms with Crippen molar-refractivity contribution in [2.24, 2.45) is 0 Å². The Bertz CT molecular complexity index is 113. The second-order valence-corrected chi connectivity index (χ2v) is 1.34. The molecule has 3 nitrogen and oxygen atoms in total. The van der Waals surface area contributed by atoms with Gasteiger partial charge in [0.05, 0.1) is 6.61 Å². The number of halogens is 2. The zero-order chi connectivity index (χ0) is 8.57. The maximum absolute atomic E-state index is 10.0. The highest BCUT2D eigenvalue weighted by molar-refractivity contribution is 6.80. The Morgan fingerprint density at radius 2 is 1.80 bits per heavy atom. The van der Waals surface area contributed by atoms with Crippen molar-refractivity contribution >= 4 is 34.4 Å². The summed E-state index contributed by atoms with van der Waals surface area (Å²) in [6.07, 6.45) is 1.47. The fourth-order valence-corrected chi connectivity index (χ4v) is 0.242. The van der Waals surface area contributed by atoms with E-state index >= 15 is 0 Å². The van der Waals surface area contributed by atoms with E-state index < -0.39 is 11.2 Å². The highest BCUT2D eigenvalue weighted by atomic mass is 35.5. The molecule has 0 saturated heterocycles. The quantitative estimate of drug-likeness (QED) is 0.282. The lowest BCUT2D eigenvalue weighted by Crippen LogP contribution is -2.10. The second-order valence-electron chi connectivity index (χ2n) is 0.994. The van der Waals surface area contributed by atoms with Gasteiger partial charge in [0.15, 0.2) is 0 Å². The summed E-state index contributed by atoms with van der Waals surface area (Å²) in [5.41, 5.74) is 0. The summed E-state index contributed by atoms with van der Waals surface area (Å²) in [5.74, 6) is -0.992. The van der Waals surface area contributed by atoms with Gasteiger partial charge in [-0.2, -0.15) is 0 Å². The molecule has 5 heteroatoms. The van der Waals surface area contributed by atoms with Crippen LogP contribution in [0.4, 0.5) is 0 Å². The third kappa shape index (κ3) is 7.72. The fourth-order valence-electron chi connectivity index (χ4n) is 0.188. The first-order valence-electron chi connectivity index (χ1n) is 2.43. The molecule has 0 aromatic carbocycles. The van der Waals surface area contributed by atoms with Crippen molar-refractivity contribution < 1.29 is 14.3 Å². The van der Waals surface area contributed by atoms with Crippen LogP contribution in [0.1, 0.15) is 6.92 Å². The molecular weight excluding hydrogens is 179 g/mol. The molecule has 0 aliphatic carbocycles. The van der Waals surface area contributed by atoms with E-state index in [1.54, 1.807) is 6.92 Å². The smallest absolute Gasteiger partial charge is 0.391 e. The van der Waals surface area contributed by atoms with Crippen molar-refractivity contribution in [2.45, 2.75) is 6.92 Å². The summed E-state index contributed by atoms with van der Waals surface area (Å²) in [4.78, 5) is 19.9. The first kappa shape index (κ1) is 12.4. The highest BCUT2D eigenvalue weighted by Crippen LogP contribution is 1.83.